The molecular formula is C18H30IN3O. The van der Waals surface area contributed by atoms with Crippen LogP contribution in [0.2, 0.25) is 0 Å². The Morgan fingerprint density at radius 2 is 2.13 bits per heavy atom. The SMILES string of the molecule is CCNC(=NCc1cccc(C)c1)NCCCOCC1CC1.I. The van der Waals surface area contributed by atoms with Gasteiger partial charge in [-0.2, -0.15) is 0 Å². The summed E-state index contributed by atoms with van der Waals surface area (Å²) in [5.74, 6) is 1.73. The molecule has 0 spiro atoms. The molecule has 0 aromatic heterocycles. The third-order valence-corrected chi connectivity index (χ3v) is 3.65. The summed E-state index contributed by atoms with van der Waals surface area (Å²) in [5.41, 5.74) is 2.52. The van der Waals surface area contributed by atoms with Crippen LogP contribution in [0.3, 0.4) is 0 Å². The average molecular weight is 431 g/mol. The highest BCUT2D eigenvalue weighted by atomic mass is 127. The van der Waals surface area contributed by atoms with Gasteiger partial charge in [0.15, 0.2) is 5.96 Å². The Bertz CT molecular complexity index is 475. The van der Waals surface area contributed by atoms with Crippen molar-refractivity contribution in [1.82, 2.24) is 10.6 Å². The van der Waals surface area contributed by atoms with Crippen molar-refractivity contribution >= 4 is 29.9 Å². The first-order valence-electron chi connectivity index (χ1n) is 8.43. The number of aryl methyl sites for hydroxylation is 1. The van der Waals surface area contributed by atoms with Crippen LogP contribution in [-0.4, -0.2) is 32.3 Å². The van der Waals surface area contributed by atoms with E-state index in [0.29, 0.717) is 6.54 Å². The normalized spacial score (nSPS) is 14.3. The van der Waals surface area contributed by atoms with Gasteiger partial charge < -0.3 is 15.4 Å². The zero-order chi connectivity index (χ0) is 15.6. The van der Waals surface area contributed by atoms with Crippen LogP contribution in [0.5, 0.6) is 0 Å². The minimum Gasteiger partial charge on any atom is -0.381 e. The van der Waals surface area contributed by atoms with Gasteiger partial charge in [-0.15, -0.1) is 24.0 Å². The maximum Gasteiger partial charge on any atom is 0.191 e. The molecule has 0 atom stereocenters. The molecule has 1 aliphatic carbocycles. The van der Waals surface area contributed by atoms with Gasteiger partial charge >= 0.3 is 0 Å². The molecule has 5 heteroatoms. The van der Waals surface area contributed by atoms with Gasteiger partial charge in [-0.1, -0.05) is 29.8 Å². The lowest BCUT2D eigenvalue weighted by Gasteiger charge is -2.11. The van der Waals surface area contributed by atoms with Crippen LogP contribution in [0, 0.1) is 12.8 Å². The lowest BCUT2D eigenvalue weighted by Crippen LogP contribution is -2.38. The number of hydrogen-bond acceptors (Lipinski definition) is 2. The summed E-state index contributed by atoms with van der Waals surface area (Å²) in [6.07, 6.45) is 3.73. The van der Waals surface area contributed by atoms with Crippen molar-refractivity contribution in [1.29, 1.82) is 0 Å². The van der Waals surface area contributed by atoms with Crippen molar-refractivity contribution in [2.45, 2.75) is 39.7 Å². The number of aliphatic imine (C=N–C) groups is 1. The summed E-state index contributed by atoms with van der Waals surface area (Å²) in [4.78, 5) is 4.63. The molecule has 0 amide bonds. The quantitative estimate of drug-likeness (QED) is 0.272. The molecule has 1 aliphatic rings. The fraction of sp³-hybridized carbons (Fsp3) is 0.611. The second-order valence-corrected chi connectivity index (χ2v) is 5.98. The van der Waals surface area contributed by atoms with Crippen molar-refractivity contribution in [3.63, 3.8) is 0 Å². The van der Waals surface area contributed by atoms with E-state index in [-0.39, 0.29) is 24.0 Å². The van der Waals surface area contributed by atoms with Crippen LogP contribution < -0.4 is 10.6 Å². The summed E-state index contributed by atoms with van der Waals surface area (Å²) in [6.45, 7) is 8.45. The molecule has 0 bridgehead atoms. The third kappa shape index (κ3) is 9.15. The second-order valence-electron chi connectivity index (χ2n) is 5.98. The lowest BCUT2D eigenvalue weighted by molar-refractivity contribution is 0.123. The highest BCUT2D eigenvalue weighted by Gasteiger charge is 2.20. The standard InChI is InChI=1S/C18H29N3O.HI/c1-3-19-18(20-10-5-11-22-14-16-8-9-16)21-13-17-7-4-6-15(2)12-17;/h4,6-7,12,16H,3,5,8-11,13-14H2,1-2H3,(H2,19,20,21);1H. The number of rotatable bonds is 9. The number of nitrogens with zero attached hydrogens (tertiary/aromatic N) is 1. The lowest BCUT2D eigenvalue weighted by atomic mass is 10.1. The number of ether oxygens (including phenoxy) is 1. The van der Waals surface area contributed by atoms with Crippen molar-refractivity contribution in [3.8, 4) is 0 Å². The van der Waals surface area contributed by atoms with Gasteiger partial charge in [0.1, 0.15) is 0 Å². The molecule has 1 aromatic rings. The maximum atomic E-state index is 5.64. The number of benzene rings is 1. The molecule has 1 fully saturated rings. The van der Waals surface area contributed by atoms with E-state index in [1.165, 1.54) is 24.0 Å². The van der Waals surface area contributed by atoms with E-state index in [4.69, 9.17) is 4.74 Å². The minimum atomic E-state index is 0. The summed E-state index contributed by atoms with van der Waals surface area (Å²) >= 11 is 0. The molecule has 1 aromatic carbocycles. The Balaban J connectivity index is 0.00000264. The van der Waals surface area contributed by atoms with Crippen LogP contribution in [0.25, 0.3) is 0 Å². The molecular weight excluding hydrogens is 401 g/mol. The van der Waals surface area contributed by atoms with Crippen molar-refractivity contribution in [3.05, 3.63) is 35.4 Å². The number of guanidine groups is 1. The fourth-order valence-electron chi connectivity index (χ4n) is 2.24. The molecule has 2 N–H and O–H groups in total. The number of halogens is 1. The van der Waals surface area contributed by atoms with E-state index in [1.807, 2.05) is 0 Å². The molecule has 1 saturated carbocycles. The molecule has 0 radical (unpaired) electrons. The van der Waals surface area contributed by atoms with E-state index < -0.39 is 0 Å². The first-order valence-corrected chi connectivity index (χ1v) is 8.43. The van der Waals surface area contributed by atoms with Crippen molar-refractivity contribution in [2.75, 3.05) is 26.3 Å². The predicted octanol–water partition coefficient (Wildman–Crippen LogP) is 3.48. The highest BCUT2D eigenvalue weighted by molar-refractivity contribution is 14.0. The molecule has 0 heterocycles. The molecule has 0 unspecified atom stereocenters. The van der Waals surface area contributed by atoms with Gasteiger partial charge in [-0.3, -0.25) is 0 Å². The second kappa shape index (κ2) is 11.7. The van der Waals surface area contributed by atoms with Gasteiger partial charge in [0.05, 0.1) is 6.54 Å². The zero-order valence-corrected chi connectivity index (χ0v) is 16.6. The van der Waals surface area contributed by atoms with E-state index >= 15 is 0 Å². The van der Waals surface area contributed by atoms with Crippen LogP contribution in [-0.2, 0) is 11.3 Å². The van der Waals surface area contributed by atoms with Crippen LogP contribution in [0.4, 0.5) is 0 Å². The molecule has 130 valence electrons. The Labute approximate surface area is 157 Å². The smallest absolute Gasteiger partial charge is 0.191 e. The fourth-order valence-corrected chi connectivity index (χ4v) is 2.24. The molecule has 2 rings (SSSR count). The Hall–Kier alpha value is -0.820. The minimum absolute atomic E-state index is 0. The molecule has 4 nitrogen and oxygen atoms in total. The Morgan fingerprint density at radius 1 is 1.30 bits per heavy atom. The Kier molecular flexibility index (Phi) is 10.3. The van der Waals surface area contributed by atoms with E-state index in [0.717, 1.165) is 44.6 Å². The average Bonchev–Trinajstić information content (AvgIpc) is 3.32. The summed E-state index contributed by atoms with van der Waals surface area (Å²) in [7, 11) is 0. The number of nitrogens with one attached hydrogen (secondary N) is 2. The van der Waals surface area contributed by atoms with Crippen molar-refractivity contribution in [2.24, 2.45) is 10.9 Å². The van der Waals surface area contributed by atoms with E-state index in [9.17, 15) is 0 Å². The van der Waals surface area contributed by atoms with Crippen LogP contribution >= 0.6 is 24.0 Å². The van der Waals surface area contributed by atoms with Crippen molar-refractivity contribution < 1.29 is 4.74 Å². The maximum absolute atomic E-state index is 5.64. The topological polar surface area (TPSA) is 45.7 Å². The zero-order valence-electron chi connectivity index (χ0n) is 14.3. The highest BCUT2D eigenvalue weighted by Crippen LogP contribution is 2.28. The summed E-state index contributed by atoms with van der Waals surface area (Å²) in [5, 5.41) is 6.65. The first-order chi connectivity index (χ1) is 10.8. The molecule has 0 saturated heterocycles. The third-order valence-electron chi connectivity index (χ3n) is 3.65. The molecule has 23 heavy (non-hydrogen) atoms. The predicted molar refractivity (Wildman–Crippen MR) is 108 cm³/mol. The molecule has 0 aliphatic heterocycles. The van der Waals surface area contributed by atoms with Gasteiger partial charge in [-0.25, -0.2) is 4.99 Å². The van der Waals surface area contributed by atoms with E-state index in [2.05, 4.69) is 53.7 Å². The monoisotopic (exact) mass is 431 g/mol. The summed E-state index contributed by atoms with van der Waals surface area (Å²) < 4.78 is 5.64. The van der Waals surface area contributed by atoms with Gasteiger partial charge in [0.2, 0.25) is 0 Å². The first kappa shape index (κ1) is 20.2. The van der Waals surface area contributed by atoms with E-state index in [1.54, 1.807) is 0 Å². The van der Waals surface area contributed by atoms with Gasteiger partial charge in [-0.05, 0) is 44.6 Å². The van der Waals surface area contributed by atoms with Gasteiger partial charge in [0, 0.05) is 26.3 Å². The van der Waals surface area contributed by atoms with Gasteiger partial charge in [0.25, 0.3) is 0 Å². The number of hydrogen-bond donors (Lipinski definition) is 2. The summed E-state index contributed by atoms with van der Waals surface area (Å²) in [6, 6.07) is 8.49. The van der Waals surface area contributed by atoms with Crippen LogP contribution in [0.15, 0.2) is 29.3 Å². The largest absolute Gasteiger partial charge is 0.381 e. The van der Waals surface area contributed by atoms with Crippen LogP contribution in [0.1, 0.15) is 37.3 Å². The Morgan fingerprint density at radius 3 is 2.83 bits per heavy atom.